The van der Waals surface area contributed by atoms with Crippen LogP contribution in [0.4, 0.5) is 5.00 Å². The second kappa shape index (κ2) is 10.9. The quantitative estimate of drug-likeness (QED) is 0.239. The first-order valence-corrected chi connectivity index (χ1v) is 14.8. The second-order valence-corrected chi connectivity index (χ2v) is 12.4. The molecule has 3 N–H and O–H groups in total. The van der Waals surface area contributed by atoms with Gasteiger partial charge in [0.25, 0.3) is 11.8 Å². The predicted octanol–water partition coefficient (Wildman–Crippen LogP) is 7.81. The number of thiophene rings is 1. The highest BCUT2D eigenvalue weighted by molar-refractivity contribution is 7.17. The molecule has 5 rings (SSSR count). The van der Waals surface area contributed by atoms with Crippen LogP contribution in [0.15, 0.2) is 54.6 Å². The van der Waals surface area contributed by atoms with E-state index in [1.165, 1.54) is 21.8 Å². The van der Waals surface area contributed by atoms with E-state index in [1.807, 2.05) is 30.3 Å². The van der Waals surface area contributed by atoms with Gasteiger partial charge in [-0.1, -0.05) is 83.0 Å². The molecule has 0 fully saturated rings. The van der Waals surface area contributed by atoms with Gasteiger partial charge in [0.05, 0.1) is 22.3 Å². The summed E-state index contributed by atoms with van der Waals surface area (Å²) >= 11 is 1.51. The highest BCUT2D eigenvalue weighted by Gasteiger charge is 2.35. The van der Waals surface area contributed by atoms with Crippen LogP contribution >= 0.6 is 11.3 Å². The fourth-order valence-corrected chi connectivity index (χ4v) is 7.03. The van der Waals surface area contributed by atoms with Crippen LogP contribution in [-0.4, -0.2) is 16.8 Å². The number of carbonyl (C=O) groups excluding carboxylic acids is 2. The predicted molar refractivity (Wildman–Crippen MR) is 162 cm³/mol. The van der Waals surface area contributed by atoms with Crippen molar-refractivity contribution in [2.75, 3.05) is 5.32 Å². The van der Waals surface area contributed by atoms with Crippen LogP contribution in [0.25, 0.3) is 22.2 Å². The number of amides is 2. The summed E-state index contributed by atoms with van der Waals surface area (Å²) in [6.07, 6.45) is 5.96. The normalized spacial score (nSPS) is 15.2. The van der Waals surface area contributed by atoms with E-state index >= 15 is 0 Å². The number of nitrogens with one attached hydrogen (secondary N) is 1. The van der Waals surface area contributed by atoms with E-state index in [0.29, 0.717) is 22.0 Å². The molecule has 4 aromatic rings. The lowest BCUT2D eigenvalue weighted by molar-refractivity contribution is 0.0999. The molecule has 0 bridgehead atoms. The molecule has 2 amide bonds. The van der Waals surface area contributed by atoms with E-state index in [9.17, 15) is 9.59 Å². The summed E-state index contributed by atoms with van der Waals surface area (Å²) in [5, 5.41) is 4.41. The molecule has 0 saturated carbocycles. The molecular formula is C33H37N3O2S. The number of primary amides is 1. The van der Waals surface area contributed by atoms with Gasteiger partial charge in [0, 0.05) is 15.8 Å². The molecular weight excluding hydrogens is 502 g/mol. The Morgan fingerprint density at radius 2 is 1.85 bits per heavy atom. The number of rotatable bonds is 8. The molecule has 0 spiro atoms. The molecule has 1 atom stereocenters. The number of pyridine rings is 1. The van der Waals surface area contributed by atoms with Crippen LogP contribution in [0.1, 0.15) is 83.7 Å². The Balaban J connectivity index is 1.51. The number of hydrogen-bond acceptors (Lipinski definition) is 4. The maximum atomic E-state index is 13.8. The summed E-state index contributed by atoms with van der Waals surface area (Å²) in [6, 6.07) is 17.9. The first-order chi connectivity index (χ1) is 18.7. The molecule has 0 saturated heterocycles. The number of nitrogens with zero attached hydrogens (tertiary/aromatic N) is 1. The van der Waals surface area contributed by atoms with Crippen LogP contribution in [-0.2, 0) is 19.3 Å². The number of aryl methyl sites for hydroxylation is 1. The first kappa shape index (κ1) is 27.1. The third-order valence-electron chi connectivity index (χ3n) is 8.50. The molecule has 39 heavy (non-hydrogen) atoms. The van der Waals surface area contributed by atoms with Gasteiger partial charge in [-0.2, -0.15) is 0 Å². The summed E-state index contributed by atoms with van der Waals surface area (Å²) in [5.41, 5.74) is 11.8. The second-order valence-electron chi connectivity index (χ2n) is 11.3. The van der Waals surface area contributed by atoms with E-state index in [2.05, 4.69) is 57.3 Å². The minimum Gasteiger partial charge on any atom is -0.365 e. The fourth-order valence-electron chi connectivity index (χ4n) is 5.70. The van der Waals surface area contributed by atoms with E-state index < -0.39 is 5.91 Å². The molecule has 1 aliphatic rings. The van der Waals surface area contributed by atoms with Gasteiger partial charge in [-0.25, -0.2) is 4.98 Å². The Morgan fingerprint density at radius 3 is 2.54 bits per heavy atom. The van der Waals surface area contributed by atoms with Crippen molar-refractivity contribution in [3.63, 3.8) is 0 Å². The third kappa shape index (κ3) is 5.35. The van der Waals surface area contributed by atoms with E-state index in [4.69, 9.17) is 10.7 Å². The number of fused-ring (bicyclic) bond motifs is 2. The largest absolute Gasteiger partial charge is 0.365 e. The Hall–Kier alpha value is -3.51. The number of para-hydroxylation sites is 1. The summed E-state index contributed by atoms with van der Waals surface area (Å²) in [5.74, 6) is -0.208. The van der Waals surface area contributed by atoms with Gasteiger partial charge >= 0.3 is 0 Å². The molecule has 1 aliphatic carbocycles. The van der Waals surface area contributed by atoms with Crippen LogP contribution in [0.3, 0.4) is 0 Å². The summed E-state index contributed by atoms with van der Waals surface area (Å²) in [6.45, 7) is 9.04. The topological polar surface area (TPSA) is 85.1 Å². The molecule has 0 radical (unpaired) electrons. The van der Waals surface area contributed by atoms with Crippen molar-refractivity contribution in [1.82, 2.24) is 4.98 Å². The number of nitrogens with two attached hydrogens (primary N) is 1. The monoisotopic (exact) mass is 539 g/mol. The molecule has 2 heterocycles. The van der Waals surface area contributed by atoms with Crippen molar-refractivity contribution in [2.24, 2.45) is 17.1 Å². The maximum absolute atomic E-state index is 13.8. The lowest BCUT2D eigenvalue weighted by Crippen LogP contribution is -2.29. The molecule has 1 unspecified atom stereocenters. The van der Waals surface area contributed by atoms with Crippen LogP contribution in [0.5, 0.6) is 0 Å². The van der Waals surface area contributed by atoms with E-state index in [-0.39, 0.29) is 11.3 Å². The average molecular weight is 540 g/mol. The Bertz CT molecular complexity index is 1530. The zero-order valence-corrected chi connectivity index (χ0v) is 24.1. The number of anilines is 1. The Labute approximate surface area is 234 Å². The van der Waals surface area contributed by atoms with Crippen molar-refractivity contribution in [1.29, 1.82) is 0 Å². The van der Waals surface area contributed by atoms with Crippen molar-refractivity contribution in [3.8, 4) is 11.3 Å². The van der Waals surface area contributed by atoms with Crippen LogP contribution in [0.2, 0.25) is 0 Å². The highest BCUT2D eigenvalue weighted by Crippen LogP contribution is 2.45. The average Bonchev–Trinajstić information content (AvgIpc) is 3.30. The van der Waals surface area contributed by atoms with Gasteiger partial charge in [0.1, 0.15) is 5.00 Å². The molecule has 5 nitrogen and oxygen atoms in total. The minimum atomic E-state index is -0.483. The van der Waals surface area contributed by atoms with Crippen molar-refractivity contribution in [2.45, 2.75) is 66.2 Å². The minimum absolute atomic E-state index is 0.221. The molecule has 2 aromatic heterocycles. The fraction of sp³-hybridized carbons (Fsp3) is 0.364. The summed E-state index contributed by atoms with van der Waals surface area (Å²) in [4.78, 5) is 32.5. The number of benzene rings is 2. The van der Waals surface area contributed by atoms with Crippen LogP contribution < -0.4 is 11.1 Å². The van der Waals surface area contributed by atoms with E-state index in [1.54, 1.807) is 0 Å². The smallest absolute Gasteiger partial charge is 0.257 e. The molecule has 6 heteroatoms. The molecule has 0 aliphatic heterocycles. The summed E-state index contributed by atoms with van der Waals surface area (Å²) < 4.78 is 0. The molecule has 2 aromatic carbocycles. The van der Waals surface area contributed by atoms with Crippen molar-refractivity contribution < 1.29 is 9.59 Å². The van der Waals surface area contributed by atoms with Gasteiger partial charge in [0.15, 0.2) is 0 Å². The number of carbonyl (C=O) groups is 2. The number of aromatic nitrogens is 1. The van der Waals surface area contributed by atoms with Gasteiger partial charge in [-0.05, 0) is 60.3 Å². The lowest BCUT2D eigenvalue weighted by Gasteiger charge is -2.36. The van der Waals surface area contributed by atoms with Gasteiger partial charge in [-0.3, -0.25) is 9.59 Å². The van der Waals surface area contributed by atoms with E-state index in [0.717, 1.165) is 66.2 Å². The highest BCUT2D eigenvalue weighted by atomic mass is 32.1. The first-order valence-electron chi connectivity index (χ1n) is 14.0. The Kier molecular flexibility index (Phi) is 7.59. The molecule has 202 valence electrons. The van der Waals surface area contributed by atoms with Gasteiger partial charge < -0.3 is 11.1 Å². The Morgan fingerprint density at radius 1 is 1.10 bits per heavy atom. The maximum Gasteiger partial charge on any atom is 0.257 e. The SMILES string of the molecule is CCCc1ccc(-c2cc(C(=O)Nc3sc4c(c3C(N)=O)CCC(C(C)(C)CC)C4)c3ccccc3n2)cc1. The van der Waals surface area contributed by atoms with Crippen LogP contribution in [0, 0.1) is 11.3 Å². The van der Waals surface area contributed by atoms with Crippen molar-refractivity contribution in [3.05, 3.63) is 81.7 Å². The zero-order chi connectivity index (χ0) is 27.7. The van der Waals surface area contributed by atoms with Gasteiger partial charge in [-0.15, -0.1) is 11.3 Å². The standard InChI is InChI=1S/C33H37N3O2S/c1-5-9-20-12-14-21(15-13-20)27-19-25(23-10-7-8-11-26(23)35-27)31(38)36-32-29(30(34)37)24-17-16-22(18-28(24)39-32)33(3,4)6-2/h7-8,10-15,19,22H,5-6,9,16-18H2,1-4H3,(H2,34,37)(H,36,38). The zero-order valence-electron chi connectivity index (χ0n) is 23.3. The lowest BCUT2D eigenvalue weighted by atomic mass is 9.69. The van der Waals surface area contributed by atoms with Crippen molar-refractivity contribution >= 4 is 39.1 Å². The third-order valence-corrected chi connectivity index (χ3v) is 9.67. The summed E-state index contributed by atoms with van der Waals surface area (Å²) in [7, 11) is 0. The number of hydrogen-bond donors (Lipinski definition) is 2. The van der Waals surface area contributed by atoms with Gasteiger partial charge in [0.2, 0.25) is 0 Å².